The molecule has 4 aliphatic rings. The number of methoxy groups -OCH3 is 1. The van der Waals surface area contributed by atoms with Crippen LogP contribution >= 0.6 is 22.7 Å². The van der Waals surface area contributed by atoms with Gasteiger partial charge in [-0.25, -0.2) is 9.97 Å². The standard InChI is InChI=1S/C38H56N6O7S2/c1-22(2)30(43(5)37(48)28(18-25-7-8-25)41-35(47)31-19-26-11-14-44(31)15-12-26)20-32(51-24(4)45)36-42-29(21-53-36)34(46)40-27(17-23(3)38(49)50-6)9-10-33-39-13-16-52-33/h13,16,21-23,25-28,30-32H,7-12,14-15,17-20H2,1-6H3,(H,40,46)(H,41,47)/t23-,27-,28-,30+,31+,32+/m0/s1. The van der Waals surface area contributed by atoms with Crippen LogP contribution in [-0.4, -0.2) is 101 Å². The first-order chi connectivity index (χ1) is 25.3. The van der Waals surface area contributed by atoms with E-state index in [1.54, 1.807) is 30.4 Å². The van der Waals surface area contributed by atoms with Gasteiger partial charge in [-0.05, 0) is 69.4 Å². The lowest BCUT2D eigenvalue weighted by Crippen LogP contribution is -2.59. The van der Waals surface area contributed by atoms with Gasteiger partial charge in [0.1, 0.15) is 16.7 Å². The molecule has 6 atom stereocenters. The number of likely N-dealkylation sites (N-methyl/N-ethyl adjacent to an activating group) is 1. The number of thiazole rings is 2. The number of ether oxygens (including phenoxy) is 2. The SMILES string of the molecule is COC(=O)[C@@H](C)C[C@H](CCc1nccs1)NC(=O)c1csc([C@@H](C[C@H](C(C)C)N(C)C(=O)[C@H](CC2CC2)NC(=O)[C@H]2CC3CCN2CC3)OC(C)=O)n1. The fourth-order valence-electron chi connectivity index (χ4n) is 7.77. The Bertz CT molecular complexity index is 1560. The van der Waals surface area contributed by atoms with E-state index in [1.807, 2.05) is 19.2 Å². The Kier molecular flexibility index (Phi) is 14.4. The molecule has 292 valence electrons. The Labute approximate surface area is 321 Å². The third-order valence-corrected chi connectivity index (χ3v) is 12.8. The number of aryl methyl sites for hydroxylation is 1. The van der Waals surface area contributed by atoms with Gasteiger partial charge in [0.05, 0.1) is 24.1 Å². The highest BCUT2D eigenvalue weighted by molar-refractivity contribution is 7.10. The predicted molar refractivity (Wildman–Crippen MR) is 202 cm³/mol. The van der Waals surface area contributed by atoms with Crippen molar-refractivity contribution in [3.05, 3.63) is 32.7 Å². The monoisotopic (exact) mass is 772 g/mol. The van der Waals surface area contributed by atoms with Gasteiger partial charge in [0.25, 0.3) is 5.91 Å². The van der Waals surface area contributed by atoms with E-state index < -0.39 is 29.9 Å². The minimum atomic E-state index is -0.802. The zero-order chi connectivity index (χ0) is 38.2. The molecule has 1 saturated carbocycles. The summed E-state index contributed by atoms with van der Waals surface area (Å²) in [5.41, 5.74) is 0.178. The zero-order valence-corrected chi connectivity index (χ0v) is 33.5. The Balaban J connectivity index is 1.27. The first-order valence-corrected chi connectivity index (χ1v) is 20.8. The van der Waals surface area contributed by atoms with Crippen LogP contribution in [0.3, 0.4) is 0 Å². The number of carbonyl (C=O) groups excluding carboxylic acids is 5. The van der Waals surface area contributed by atoms with E-state index in [1.165, 1.54) is 36.7 Å². The average Bonchev–Trinajstić information content (AvgIpc) is 3.56. The Hall–Kier alpha value is -3.43. The van der Waals surface area contributed by atoms with Crippen molar-refractivity contribution in [3.63, 3.8) is 0 Å². The summed E-state index contributed by atoms with van der Waals surface area (Å²) in [6.07, 6.45) is 8.63. The van der Waals surface area contributed by atoms with Crippen LogP contribution in [0.4, 0.5) is 0 Å². The number of piperidine rings is 3. The van der Waals surface area contributed by atoms with E-state index in [2.05, 4.69) is 25.5 Å². The predicted octanol–water partition coefficient (Wildman–Crippen LogP) is 4.78. The number of esters is 2. The smallest absolute Gasteiger partial charge is 0.308 e. The van der Waals surface area contributed by atoms with Crippen molar-refractivity contribution in [2.45, 2.75) is 122 Å². The second-order valence-corrected chi connectivity index (χ2v) is 17.3. The quantitative estimate of drug-likeness (QED) is 0.191. The topological polar surface area (TPSA) is 160 Å². The second kappa shape index (κ2) is 18.7. The summed E-state index contributed by atoms with van der Waals surface area (Å²) in [6, 6.07) is -1.50. The summed E-state index contributed by atoms with van der Waals surface area (Å²) < 4.78 is 10.7. The highest BCUT2D eigenvalue weighted by Crippen LogP contribution is 2.36. The van der Waals surface area contributed by atoms with Crippen molar-refractivity contribution in [1.82, 2.24) is 30.4 Å². The van der Waals surface area contributed by atoms with Crippen molar-refractivity contribution < 1.29 is 33.4 Å². The molecule has 13 nitrogen and oxygen atoms in total. The molecular formula is C38H56N6O7S2. The molecule has 0 unspecified atom stereocenters. The minimum Gasteiger partial charge on any atom is -0.469 e. The van der Waals surface area contributed by atoms with Gasteiger partial charge in [-0.2, -0.15) is 0 Å². The van der Waals surface area contributed by atoms with Crippen molar-refractivity contribution in [2.75, 3.05) is 27.2 Å². The van der Waals surface area contributed by atoms with Crippen molar-refractivity contribution in [2.24, 2.45) is 23.7 Å². The van der Waals surface area contributed by atoms with Crippen LogP contribution in [0.15, 0.2) is 17.0 Å². The lowest BCUT2D eigenvalue weighted by Gasteiger charge is -2.45. The van der Waals surface area contributed by atoms with Crippen LogP contribution in [0.5, 0.6) is 0 Å². The van der Waals surface area contributed by atoms with Crippen molar-refractivity contribution in [3.8, 4) is 0 Å². The molecule has 1 aliphatic carbocycles. The first kappa shape index (κ1) is 40.7. The summed E-state index contributed by atoms with van der Waals surface area (Å²) >= 11 is 2.76. The lowest BCUT2D eigenvalue weighted by molar-refractivity contribution is -0.149. The van der Waals surface area contributed by atoms with Crippen LogP contribution in [0.25, 0.3) is 0 Å². The molecule has 3 amide bonds. The molecule has 5 heterocycles. The van der Waals surface area contributed by atoms with Crippen LogP contribution in [0, 0.1) is 23.7 Å². The molecule has 3 aliphatic heterocycles. The van der Waals surface area contributed by atoms with Gasteiger partial charge in [0.2, 0.25) is 11.8 Å². The molecule has 53 heavy (non-hydrogen) atoms. The number of carbonyl (C=O) groups is 5. The fraction of sp³-hybridized carbons (Fsp3) is 0.711. The zero-order valence-electron chi connectivity index (χ0n) is 31.9. The largest absolute Gasteiger partial charge is 0.469 e. The van der Waals surface area contributed by atoms with Crippen LogP contribution in [-0.2, 0) is 35.1 Å². The van der Waals surface area contributed by atoms with Gasteiger partial charge in [0, 0.05) is 55.9 Å². The van der Waals surface area contributed by atoms with E-state index in [9.17, 15) is 24.0 Å². The Morgan fingerprint density at radius 1 is 1.04 bits per heavy atom. The third-order valence-electron chi connectivity index (χ3n) is 11.0. The van der Waals surface area contributed by atoms with Crippen LogP contribution < -0.4 is 10.6 Å². The molecule has 2 aromatic heterocycles. The summed E-state index contributed by atoms with van der Waals surface area (Å²) in [5, 5.41) is 11.1. The first-order valence-electron chi connectivity index (χ1n) is 19.0. The second-order valence-electron chi connectivity index (χ2n) is 15.4. The molecule has 6 rings (SSSR count). The van der Waals surface area contributed by atoms with Crippen LogP contribution in [0.1, 0.15) is 112 Å². The summed E-state index contributed by atoms with van der Waals surface area (Å²) in [7, 11) is 3.11. The van der Waals surface area contributed by atoms with Gasteiger partial charge in [-0.3, -0.25) is 28.9 Å². The Morgan fingerprint density at radius 2 is 1.77 bits per heavy atom. The van der Waals surface area contributed by atoms with E-state index in [0.717, 1.165) is 50.2 Å². The average molecular weight is 773 g/mol. The van der Waals surface area contributed by atoms with Gasteiger partial charge in [0.15, 0.2) is 6.10 Å². The molecule has 4 fully saturated rings. The summed E-state index contributed by atoms with van der Waals surface area (Å²) in [5.74, 6) is -0.900. The molecule has 0 spiro atoms. The highest BCUT2D eigenvalue weighted by Gasteiger charge is 2.41. The fourth-order valence-corrected chi connectivity index (χ4v) is 9.24. The molecule has 2 N–H and O–H groups in total. The lowest BCUT2D eigenvalue weighted by atomic mass is 9.83. The highest BCUT2D eigenvalue weighted by atomic mass is 32.1. The normalized spacial score (nSPS) is 22.3. The number of aromatic nitrogens is 2. The molecule has 2 aromatic rings. The molecular weight excluding hydrogens is 717 g/mol. The number of rotatable bonds is 19. The summed E-state index contributed by atoms with van der Waals surface area (Å²) in [6.45, 7) is 8.99. The number of fused-ring (bicyclic) bond motifs is 3. The van der Waals surface area contributed by atoms with Gasteiger partial charge >= 0.3 is 11.9 Å². The number of nitrogens with one attached hydrogen (secondary N) is 2. The number of amides is 3. The maximum atomic E-state index is 14.2. The molecule has 0 radical (unpaired) electrons. The van der Waals surface area contributed by atoms with Crippen molar-refractivity contribution >= 4 is 52.3 Å². The third kappa shape index (κ3) is 11.3. The number of hydrogen-bond donors (Lipinski definition) is 2. The van der Waals surface area contributed by atoms with E-state index in [-0.39, 0.29) is 53.9 Å². The Morgan fingerprint density at radius 3 is 2.36 bits per heavy atom. The van der Waals surface area contributed by atoms with E-state index in [4.69, 9.17) is 9.47 Å². The molecule has 0 aromatic carbocycles. The van der Waals surface area contributed by atoms with Gasteiger partial charge in [-0.1, -0.05) is 33.6 Å². The minimum absolute atomic E-state index is 0.0161. The number of nitrogens with zero attached hydrogens (tertiary/aromatic N) is 4. The van der Waals surface area contributed by atoms with E-state index >= 15 is 0 Å². The molecule has 3 saturated heterocycles. The van der Waals surface area contributed by atoms with Gasteiger partial charge < -0.3 is 25.0 Å². The number of hydrogen-bond acceptors (Lipinski definition) is 12. The summed E-state index contributed by atoms with van der Waals surface area (Å²) in [4.78, 5) is 78.9. The maximum absolute atomic E-state index is 14.2. The van der Waals surface area contributed by atoms with E-state index in [0.29, 0.717) is 42.5 Å². The van der Waals surface area contributed by atoms with Gasteiger partial charge in [-0.15, -0.1) is 22.7 Å². The molecule has 2 bridgehead atoms. The molecule has 15 heteroatoms. The maximum Gasteiger partial charge on any atom is 0.308 e. The van der Waals surface area contributed by atoms with Crippen LogP contribution in [0.2, 0.25) is 0 Å². The van der Waals surface area contributed by atoms with Crippen molar-refractivity contribution in [1.29, 1.82) is 0 Å².